The van der Waals surface area contributed by atoms with Gasteiger partial charge in [0.1, 0.15) is 0 Å². The van der Waals surface area contributed by atoms with Gasteiger partial charge in [0.25, 0.3) is 0 Å². The van der Waals surface area contributed by atoms with Gasteiger partial charge < -0.3 is 14.8 Å². The van der Waals surface area contributed by atoms with E-state index in [1.165, 1.54) is 18.4 Å². The molecule has 0 heterocycles. The number of ether oxygens (including phenoxy) is 2. The van der Waals surface area contributed by atoms with E-state index in [0.29, 0.717) is 12.7 Å². The van der Waals surface area contributed by atoms with Crippen LogP contribution in [0.15, 0.2) is 18.2 Å². The van der Waals surface area contributed by atoms with Crippen LogP contribution in [0.1, 0.15) is 52.0 Å². The van der Waals surface area contributed by atoms with Crippen LogP contribution in [0.3, 0.4) is 0 Å². The van der Waals surface area contributed by atoms with Gasteiger partial charge in [-0.3, -0.25) is 0 Å². The quantitative estimate of drug-likeness (QED) is 0.818. The predicted octanol–water partition coefficient (Wildman–Crippen LogP) is 4.15. The van der Waals surface area contributed by atoms with Crippen molar-refractivity contribution in [1.82, 2.24) is 5.32 Å². The van der Waals surface area contributed by atoms with Crippen LogP contribution < -0.4 is 14.8 Å². The zero-order valence-electron chi connectivity index (χ0n) is 13.7. The van der Waals surface area contributed by atoms with Gasteiger partial charge in [-0.15, -0.1) is 0 Å². The summed E-state index contributed by atoms with van der Waals surface area (Å²) >= 11 is 0. The number of rotatable bonds is 7. The molecular weight excluding hydrogens is 262 g/mol. The predicted molar refractivity (Wildman–Crippen MR) is 87.0 cm³/mol. The molecule has 1 aromatic rings. The lowest BCUT2D eigenvalue weighted by Crippen LogP contribution is -2.25. The minimum atomic E-state index is 0.329. The number of para-hydroxylation sites is 1. The minimum Gasteiger partial charge on any atom is -0.490 e. The zero-order chi connectivity index (χ0) is 15.1. The van der Waals surface area contributed by atoms with Gasteiger partial charge in [-0.1, -0.05) is 32.4 Å². The second-order valence-corrected chi connectivity index (χ2v) is 5.97. The fourth-order valence-corrected chi connectivity index (χ4v) is 3.02. The van der Waals surface area contributed by atoms with Gasteiger partial charge in [0.15, 0.2) is 11.5 Å². The molecule has 1 saturated carbocycles. The minimum absolute atomic E-state index is 0.329. The molecule has 1 N–H and O–H groups in total. The maximum absolute atomic E-state index is 6.37. The molecule has 0 bridgehead atoms. The Morgan fingerprint density at radius 3 is 2.81 bits per heavy atom. The number of hydrogen-bond donors (Lipinski definition) is 1. The van der Waals surface area contributed by atoms with Crippen LogP contribution >= 0.6 is 0 Å². The van der Waals surface area contributed by atoms with Crippen LogP contribution in [-0.2, 0) is 6.54 Å². The largest absolute Gasteiger partial charge is 0.490 e. The molecule has 2 unspecified atom stereocenters. The molecule has 0 amide bonds. The summed E-state index contributed by atoms with van der Waals surface area (Å²) in [4.78, 5) is 0. The Balaban J connectivity index is 2.16. The van der Waals surface area contributed by atoms with Gasteiger partial charge in [0.05, 0.1) is 12.7 Å². The van der Waals surface area contributed by atoms with Crippen molar-refractivity contribution >= 4 is 0 Å². The van der Waals surface area contributed by atoms with Crippen LogP contribution in [0, 0.1) is 5.92 Å². The molecule has 0 aromatic heterocycles. The second kappa shape index (κ2) is 8.28. The van der Waals surface area contributed by atoms with Gasteiger partial charge in [-0.05, 0) is 44.7 Å². The van der Waals surface area contributed by atoms with Crippen molar-refractivity contribution in [3.63, 3.8) is 0 Å². The van der Waals surface area contributed by atoms with Crippen LogP contribution in [-0.4, -0.2) is 19.3 Å². The smallest absolute Gasteiger partial charge is 0.166 e. The van der Waals surface area contributed by atoms with Crippen molar-refractivity contribution in [2.24, 2.45) is 5.92 Å². The van der Waals surface area contributed by atoms with E-state index >= 15 is 0 Å². The summed E-state index contributed by atoms with van der Waals surface area (Å²) in [6.45, 7) is 8.92. The van der Waals surface area contributed by atoms with Gasteiger partial charge in [-0.2, -0.15) is 0 Å². The van der Waals surface area contributed by atoms with E-state index < -0.39 is 0 Å². The fourth-order valence-electron chi connectivity index (χ4n) is 3.02. The fraction of sp³-hybridized carbons (Fsp3) is 0.667. The van der Waals surface area contributed by atoms with E-state index in [9.17, 15) is 0 Å². The number of hydrogen-bond acceptors (Lipinski definition) is 3. The molecule has 1 aromatic carbocycles. The van der Waals surface area contributed by atoms with E-state index in [1.807, 2.05) is 19.1 Å². The molecule has 2 rings (SSSR count). The highest BCUT2D eigenvalue weighted by Crippen LogP contribution is 2.35. The van der Waals surface area contributed by atoms with E-state index in [4.69, 9.17) is 9.47 Å². The summed E-state index contributed by atoms with van der Waals surface area (Å²) < 4.78 is 12.1. The van der Waals surface area contributed by atoms with Crippen molar-refractivity contribution in [2.45, 2.75) is 59.1 Å². The second-order valence-electron chi connectivity index (χ2n) is 5.97. The van der Waals surface area contributed by atoms with Crippen LogP contribution in [0.4, 0.5) is 0 Å². The third-order valence-corrected chi connectivity index (χ3v) is 4.10. The Bertz CT molecular complexity index is 433. The summed E-state index contributed by atoms with van der Waals surface area (Å²) in [6, 6.07) is 6.20. The molecule has 0 saturated heterocycles. The van der Waals surface area contributed by atoms with Gasteiger partial charge in [0.2, 0.25) is 0 Å². The highest BCUT2D eigenvalue weighted by Gasteiger charge is 2.22. The Hall–Kier alpha value is -1.22. The maximum Gasteiger partial charge on any atom is 0.166 e. The van der Waals surface area contributed by atoms with Gasteiger partial charge >= 0.3 is 0 Å². The molecule has 3 nitrogen and oxygen atoms in total. The monoisotopic (exact) mass is 291 g/mol. The molecule has 118 valence electrons. The molecule has 2 atom stereocenters. The highest BCUT2D eigenvalue weighted by atomic mass is 16.5. The van der Waals surface area contributed by atoms with Crippen LogP contribution in [0.25, 0.3) is 0 Å². The third kappa shape index (κ3) is 4.63. The van der Waals surface area contributed by atoms with Gasteiger partial charge in [0, 0.05) is 12.1 Å². The lowest BCUT2D eigenvalue weighted by Gasteiger charge is -2.29. The van der Waals surface area contributed by atoms with E-state index in [2.05, 4.69) is 25.2 Å². The summed E-state index contributed by atoms with van der Waals surface area (Å²) in [5.41, 5.74) is 1.20. The van der Waals surface area contributed by atoms with E-state index in [1.54, 1.807) is 0 Å². The van der Waals surface area contributed by atoms with Crippen molar-refractivity contribution in [2.75, 3.05) is 13.2 Å². The molecule has 3 heteroatoms. The molecule has 1 aliphatic rings. The first-order valence-electron chi connectivity index (χ1n) is 8.36. The molecule has 21 heavy (non-hydrogen) atoms. The average Bonchev–Trinajstić information content (AvgIpc) is 2.48. The topological polar surface area (TPSA) is 30.5 Å². The molecule has 0 aliphatic heterocycles. The first kappa shape index (κ1) is 16.2. The summed E-state index contributed by atoms with van der Waals surface area (Å²) in [5, 5.41) is 3.38. The van der Waals surface area contributed by atoms with Crippen molar-refractivity contribution in [3.05, 3.63) is 23.8 Å². The normalized spacial score (nSPS) is 22.0. The lowest BCUT2D eigenvalue weighted by atomic mass is 9.88. The highest BCUT2D eigenvalue weighted by molar-refractivity contribution is 5.46. The van der Waals surface area contributed by atoms with Crippen molar-refractivity contribution in [1.29, 1.82) is 0 Å². The summed E-state index contributed by atoms with van der Waals surface area (Å²) in [5.74, 6) is 2.59. The molecule has 1 aliphatic carbocycles. The van der Waals surface area contributed by atoms with Crippen LogP contribution in [0.5, 0.6) is 11.5 Å². The van der Waals surface area contributed by atoms with E-state index in [-0.39, 0.29) is 0 Å². The van der Waals surface area contributed by atoms with Gasteiger partial charge in [-0.25, -0.2) is 0 Å². The molecule has 0 spiro atoms. The number of nitrogens with one attached hydrogen (secondary N) is 1. The Morgan fingerprint density at radius 2 is 2.10 bits per heavy atom. The Morgan fingerprint density at radius 1 is 1.24 bits per heavy atom. The third-order valence-electron chi connectivity index (χ3n) is 4.10. The Labute approximate surface area is 129 Å². The maximum atomic E-state index is 6.37. The van der Waals surface area contributed by atoms with Crippen LogP contribution in [0.2, 0.25) is 0 Å². The van der Waals surface area contributed by atoms with Crippen molar-refractivity contribution in [3.8, 4) is 11.5 Å². The first-order valence-corrected chi connectivity index (χ1v) is 8.36. The first-order chi connectivity index (χ1) is 10.2. The molecule has 1 fully saturated rings. The lowest BCUT2D eigenvalue weighted by molar-refractivity contribution is 0.122. The van der Waals surface area contributed by atoms with E-state index in [0.717, 1.165) is 43.3 Å². The Kier molecular flexibility index (Phi) is 6.37. The summed E-state index contributed by atoms with van der Waals surface area (Å²) in [7, 11) is 0. The zero-order valence-corrected chi connectivity index (χ0v) is 13.7. The average molecular weight is 291 g/mol. The van der Waals surface area contributed by atoms with Crippen molar-refractivity contribution < 1.29 is 9.47 Å². The standard InChI is InChI=1S/C18H29NO2/c1-4-19-13-15-9-7-11-17(20-5-2)18(15)21-16-10-6-8-14(3)12-16/h7,9,11,14,16,19H,4-6,8,10,12-13H2,1-3H3. The molecule has 0 radical (unpaired) electrons. The summed E-state index contributed by atoms with van der Waals surface area (Å²) in [6.07, 6.45) is 5.24. The number of benzene rings is 1. The SMILES string of the molecule is CCNCc1cccc(OCC)c1OC1CCCC(C)C1. The molecular formula is C18H29NO2.